The van der Waals surface area contributed by atoms with Gasteiger partial charge in [0.25, 0.3) is 5.91 Å². The average Bonchev–Trinajstić information content (AvgIpc) is 3.44. The fourth-order valence-electron chi connectivity index (χ4n) is 2.53. The van der Waals surface area contributed by atoms with E-state index in [1.807, 2.05) is 30.3 Å². The lowest BCUT2D eigenvalue weighted by atomic mass is 10.1. The summed E-state index contributed by atoms with van der Waals surface area (Å²) in [6.07, 6.45) is 3.51. The summed E-state index contributed by atoms with van der Waals surface area (Å²) in [4.78, 5) is 12.2. The van der Waals surface area contributed by atoms with Crippen molar-refractivity contribution in [2.24, 2.45) is 0 Å². The molecule has 0 radical (unpaired) electrons. The standard InChI is InChI=1S/C19H22N2O3S/c22-19(21-17-11-12-17)16-9-4-10-18(14-16)25(23,24)20-13-5-8-15-6-2-1-3-7-15/h1-4,6-7,9-10,14,17,20H,5,8,11-13H2,(H,21,22). The fourth-order valence-corrected chi connectivity index (χ4v) is 3.65. The van der Waals surface area contributed by atoms with Crippen molar-refractivity contribution in [3.8, 4) is 0 Å². The van der Waals surface area contributed by atoms with Gasteiger partial charge in [-0.2, -0.15) is 0 Å². The summed E-state index contributed by atoms with van der Waals surface area (Å²) in [6.45, 7) is 0.357. The maximum atomic E-state index is 12.4. The summed E-state index contributed by atoms with van der Waals surface area (Å²) < 4.78 is 27.4. The summed E-state index contributed by atoms with van der Waals surface area (Å²) in [5.74, 6) is -0.219. The molecule has 2 N–H and O–H groups in total. The van der Waals surface area contributed by atoms with E-state index < -0.39 is 10.0 Å². The minimum atomic E-state index is -3.61. The van der Waals surface area contributed by atoms with Crippen LogP contribution in [0.4, 0.5) is 0 Å². The van der Waals surface area contributed by atoms with Gasteiger partial charge in [0.05, 0.1) is 4.90 Å². The molecule has 1 aliphatic rings. The predicted molar refractivity (Wildman–Crippen MR) is 96.9 cm³/mol. The van der Waals surface area contributed by atoms with E-state index in [9.17, 15) is 13.2 Å². The van der Waals surface area contributed by atoms with Crippen LogP contribution in [0.15, 0.2) is 59.5 Å². The highest BCUT2D eigenvalue weighted by atomic mass is 32.2. The first-order valence-corrected chi connectivity index (χ1v) is 9.97. The van der Waals surface area contributed by atoms with Gasteiger partial charge in [-0.25, -0.2) is 13.1 Å². The second-order valence-electron chi connectivity index (χ2n) is 6.26. The number of hydrogen-bond donors (Lipinski definition) is 2. The van der Waals surface area contributed by atoms with Gasteiger partial charge in [-0.3, -0.25) is 4.79 Å². The maximum Gasteiger partial charge on any atom is 0.251 e. The first kappa shape index (κ1) is 17.6. The Hall–Kier alpha value is -2.18. The van der Waals surface area contributed by atoms with Crippen LogP contribution in [0.3, 0.4) is 0 Å². The van der Waals surface area contributed by atoms with Crippen molar-refractivity contribution in [3.05, 3.63) is 65.7 Å². The Bertz CT molecular complexity index is 831. The minimum absolute atomic E-state index is 0.121. The molecule has 2 aromatic rings. The lowest BCUT2D eigenvalue weighted by Crippen LogP contribution is -2.27. The molecule has 0 atom stereocenters. The Morgan fingerprint density at radius 2 is 1.80 bits per heavy atom. The Morgan fingerprint density at radius 1 is 1.04 bits per heavy atom. The Balaban J connectivity index is 1.56. The van der Waals surface area contributed by atoms with Crippen molar-refractivity contribution in [1.82, 2.24) is 10.0 Å². The van der Waals surface area contributed by atoms with E-state index in [4.69, 9.17) is 0 Å². The number of benzene rings is 2. The molecule has 0 aliphatic heterocycles. The quantitative estimate of drug-likeness (QED) is 0.712. The predicted octanol–water partition coefficient (Wildman–Crippen LogP) is 2.49. The number of nitrogens with one attached hydrogen (secondary N) is 2. The van der Waals surface area contributed by atoms with Gasteiger partial charge in [0.1, 0.15) is 0 Å². The van der Waals surface area contributed by atoms with Gasteiger partial charge < -0.3 is 5.32 Å². The lowest BCUT2D eigenvalue weighted by Gasteiger charge is -2.09. The van der Waals surface area contributed by atoms with Crippen molar-refractivity contribution < 1.29 is 13.2 Å². The largest absolute Gasteiger partial charge is 0.349 e. The van der Waals surface area contributed by atoms with E-state index >= 15 is 0 Å². The average molecular weight is 358 g/mol. The molecular formula is C19H22N2O3S. The zero-order valence-corrected chi connectivity index (χ0v) is 14.8. The summed E-state index contributed by atoms with van der Waals surface area (Å²) in [6, 6.07) is 16.3. The van der Waals surface area contributed by atoms with Crippen molar-refractivity contribution >= 4 is 15.9 Å². The van der Waals surface area contributed by atoms with Crippen LogP contribution in [0.2, 0.25) is 0 Å². The number of carbonyl (C=O) groups excluding carboxylic acids is 1. The Labute approximate surface area is 148 Å². The Kier molecular flexibility index (Phi) is 5.50. The molecular weight excluding hydrogens is 336 g/mol. The van der Waals surface area contributed by atoms with Crippen molar-refractivity contribution in [3.63, 3.8) is 0 Å². The molecule has 0 heterocycles. The van der Waals surface area contributed by atoms with Crippen LogP contribution >= 0.6 is 0 Å². The third-order valence-corrected chi connectivity index (χ3v) is 5.55. The van der Waals surface area contributed by atoms with Crippen LogP contribution in [0, 0.1) is 0 Å². The summed E-state index contributed by atoms with van der Waals surface area (Å²) in [5, 5.41) is 2.87. The van der Waals surface area contributed by atoms with Crippen LogP contribution in [-0.2, 0) is 16.4 Å². The van der Waals surface area contributed by atoms with Crippen molar-refractivity contribution in [1.29, 1.82) is 0 Å². The molecule has 1 saturated carbocycles. The molecule has 3 rings (SSSR count). The molecule has 132 valence electrons. The molecule has 1 fully saturated rings. The molecule has 1 aliphatic carbocycles. The highest BCUT2D eigenvalue weighted by molar-refractivity contribution is 7.89. The first-order valence-electron chi connectivity index (χ1n) is 8.49. The van der Waals surface area contributed by atoms with Crippen molar-refractivity contribution in [2.45, 2.75) is 36.6 Å². The van der Waals surface area contributed by atoms with Gasteiger partial charge in [0.15, 0.2) is 0 Å². The number of hydrogen-bond acceptors (Lipinski definition) is 3. The normalized spacial score (nSPS) is 14.2. The summed E-state index contributed by atoms with van der Waals surface area (Å²) >= 11 is 0. The molecule has 5 nitrogen and oxygen atoms in total. The second-order valence-corrected chi connectivity index (χ2v) is 8.03. The number of rotatable bonds is 8. The lowest BCUT2D eigenvalue weighted by molar-refractivity contribution is 0.0951. The smallest absolute Gasteiger partial charge is 0.251 e. The van der Waals surface area contributed by atoms with Crippen molar-refractivity contribution in [2.75, 3.05) is 6.54 Å². The molecule has 1 amide bonds. The van der Waals surface area contributed by atoms with Crippen LogP contribution in [0.25, 0.3) is 0 Å². The fraction of sp³-hybridized carbons (Fsp3) is 0.316. The van der Waals surface area contributed by atoms with Gasteiger partial charge in [-0.15, -0.1) is 0 Å². The van der Waals surface area contributed by atoms with E-state index in [1.165, 1.54) is 17.7 Å². The van der Waals surface area contributed by atoms with Gasteiger partial charge in [0, 0.05) is 18.2 Å². The summed E-state index contributed by atoms with van der Waals surface area (Å²) in [7, 11) is -3.61. The molecule has 0 bridgehead atoms. The van der Waals surface area contributed by atoms with Crippen LogP contribution in [0.1, 0.15) is 35.2 Å². The van der Waals surface area contributed by atoms with Gasteiger partial charge in [-0.05, 0) is 49.4 Å². The molecule has 2 aromatic carbocycles. The zero-order valence-electron chi connectivity index (χ0n) is 13.9. The summed E-state index contributed by atoms with van der Waals surface area (Å²) in [5.41, 5.74) is 1.56. The third kappa shape index (κ3) is 5.14. The van der Waals surface area contributed by atoms with E-state index in [2.05, 4.69) is 10.0 Å². The highest BCUT2D eigenvalue weighted by Gasteiger charge is 2.24. The third-order valence-electron chi connectivity index (χ3n) is 4.10. The van der Waals surface area contributed by atoms with Crippen LogP contribution in [-0.4, -0.2) is 26.9 Å². The van der Waals surface area contributed by atoms with Gasteiger partial charge in [0.2, 0.25) is 10.0 Å². The molecule has 0 aromatic heterocycles. The second kappa shape index (κ2) is 7.80. The number of sulfonamides is 1. The Morgan fingerprint density at radius 3 is 2.52 bits per heavy atom. The maximum absolute atomic E-state index is 12.4. The monoisotopic (exact) mass is 358 g/mol. The van der Waals surface area contributed by atoms with Gasteiger partial charge >= 0.3 is 0 Å². The SMILES string of the molecule is O=C(NC1CC1)c1cccc(S(=O)(=O)NCCCc2ccccc2)c1. The topological polar surface area (TPSA) is 75.3 Å². The van der Waals surface area contributed by atoms with Crippen LogP contribution in [0.5, 0.6) is 0 Å². The van der Waals surface area contributed by atoms with E-state index in [-0.39, 0.29) is 16.8 Å². The van der Waals surface area contributed by atoms with E-state index in [0.29, 0.717) is 18.5 Å². The molecule has 0 spiro atoms. The van der Waals surface area contributed by atoms with Gasteiger partial charge in [-0.1, -0.05) is 36.4 Å². The van der Waals surface area contributed by atoms with E-state index in [0.717, 1.165) is 19.3 Å². The number of aryl methyl sites for hydroxylation is 1. The highest BCUT2D eigenvalue weighted by Crippen LogP contribution is 2.20. The zero-order chi connectivity index (χ0) is 17.7. The molecule has 0 saturated heterocycles. The number of carbonyl (C=O) groups is 1. The number of amides is 1. The van der Waals surface area contributed by atoms with Crippen LogP contribution < -0.4 is 10.0 Å². The molecule has 25 heavy (non-hydrogen) atoms. The minimum Gasteiger partial charge on any atom is -0.349 e. The molecule has 6 heteroatoms. The first-order chi connectivity index (χ1) is 12.0. The molecule has 0 unspecified atom stereocenters. The van der Waals surface area contributed by atoms with E-state index in [1.54, 1.807) is 12.1 Å².